The molecule has 12 heteroatoms. The molecule has 2 aliphatic rings. The number of alkyl halides is 3. The van der Waals surface area contributed by atoms with Crippen LogP contribution in [0, 0.1) is 0 Å². The number of carbonyl (C=O) groups excluding carboxylic acids is 1. The molecule has 2 amide bonds. The van der Waals surface area contributed by atoms with Crippen molar-refractivity contribution in [1.29, 1.82) is 0 Å². The first-order valence-corrected chi connectivity index (χ1v) is 11.2. The lowest BCUT2D eigenvalue weighted by atomic mass is 9.82. The van der Waals surface area contributed by atoms with E-state index < -0.39 is 12.1 Å². The van der Waals surface area contributed by atoms with Gasteiger partial charge in [-0.15, -0.1) is 13.2 Å². The molecule has 2 unspecified atom stereocenters. The normalized spacial score (nSPS) is 20.2. The molecular weight excluding hydrogens is 463 g/mol. The van der Waals surface area contributed by atoms with Gasteiger partial charge in [0.25, 0.3) is 0 Å². The monoisotopic (exact) mass is 487 g/mol. The van der Waals surface area contributed by atoms with Crippen molar-refractivity contribution in [3.8, 4) is 17.0 Å². The highest BCUT2D eigenvalue weighted by Crippen LogP contribution is 2.44. The summed E-state index contributed by atoms with van der Waals surface area (Å²) < 4.78 is 43.9. The van der Waals surface area contributed by atoms with Crippen LogP contribution in [0.15, 0.2) is 42.7 Å². The van der Waals surface area contributed by atoms with Gasteiger partial charge in [0.1, 0.15) is 0 Å². The second kappa shape index (κ2) is 8.43. The molecule has 1 spiro atoms. The second-order valence-electron chi connectivity index (χ2n) is 8.92. The Balaban J connectivity index is 1.32. The van der Waals surface area contributed by atoms with Crippen molar-refractivity contribution in [2.45, 2.75) is 44.1 Å². The van der Waals surface area contributed by atoms with Crippen molar-refractivity contribution in [3.05, 3.63) is 54.1 Å². The lowest BCUT2D eigenvalue weighted by Crippen LogP contribution is -2.41. The molecule has 5 rings (SSSR count). The van der Waals surface area contributed by atoms with Crippen molar-refractivity contribution >= 4 is 11.8 Å². The molecule has 0 saturated carbocycles. The number of nitrogens with two attached hydrogens (primary N) is 1. The lowest BCUT2D eigenvalue weighted by molar-refractivity contribution is -0.274. The third kappa shape index (κ3) is 4.47. The summed E-state index contributed by atoms with van der Waals surface area (Å²) in [4.78, 5) is 22.9. The van der Waals surface area contributed by atoms with Crippen molar-refractivity contribution in [2.75, 3.05) is 18.8 Å². The molecule has 5 heterocycles. The van der Waals surface area contributed by atoms with Crippen molar-refractivity contribution < 1.29 is 22.7 Å². The number of ether oxygens (including phenoxy) is 1. The summed E-state index contributed by atoms with van der Waals surface area (Å²) in [7, 11) is 0. The van der Waals surface area contributed by atoms with Crippen LogP contribution in [0.4, 0.5) is 23.8 Å². The summed E-state index contributed by atoms with van der Waals surface area (Å²) in [5.41, 5.74) is 7.87. The van der Waals surface area contributed by atoms with Crippen molar-refractivity contribution in [2.24, 2.45) is 0 Å². The molecule has 2 aliphatic heterocycles. The quantitative estimate of drug-likeness (QED) is 0.581. The number of anilines is 1. The number of hydrogen-bond acceptors (Lipinski definition) is 6. The van der Waals surface area contributed by atoms with Gasteiger partial charge in [-0.3, -0.25) is 9.67 Å². The number of hydrogen-bond donors (Lipinski definition) is 2. The SMILES string of the molecule is CC(NC(=O)N1CCC2(CCn3nc(-c4cnc(N)c(OC(F)(F)F)c4)cc32)C1)c1ccccn1. The number of nitrogens with zero attached hydrogens (tertiary/aromatic N) is 5. The molecule has 3 N–H and O–H groups in total. The summed E-state index contributed by atoms with van der Waals surface area (Å²) in [5.74, 6) is -0.921. The molecule has 3 aromatic heterocycles. The lowest BCUT2D eigenvalue weighted by Gasteiger charge is -2.24. The van der Waals surface area contributed by atoms with Gasteiger partial charge in [-0.05, 0) is 44.0 Å². The topological polar surface area (TPSA) is 111 Å². The predicted molar refractivity (Wildman–Crippen MR) is 120 cm³/mol. The Labute approximate surface area is 199 Å². The van der Waals surface area contributed by atoms with Gasteiger partial charge in [0.15, 0.2) is 11.6 Å². The molecular formula is C23H24F3N7O2. The fraction of sp³-hybridized carbons (Fsp3) is 0.391. The molecule has 35 heavy (non-hydrogen) atoms. The smallest absolute Gasteiger partial charge is 0.402 e. The minimum Gasteiger partial charge on any atom is -0.402 e. The average molecular weight is 487 g/mol. The fourth-order valence-corrected chi connectivity index (χ4v) is 4.85. The predicted octanol–water partition coefficient (Wildman–Crippen LogP) is 3.64. The van der Waals surface area contributed by atoms with Gasteiger partial charge in [-0.2, -0.15) is 5.10 Å². The van der Waals surface area contributed by atoms with Crippen LogP contribution in [0.2, 0.25) is 0 Å². The Bertz CT molecular complexity index is 1250. The molecule has 0 radical (unpaired) electrons. The number of pyridine rings is 2. The second-order valence-corrected chi connectivity index (χ2v) is 8.92. The highest BCUT2D eigenvalue weighted by atomic mass is 19.4. The van der Waals surface area contributed by atoms with E-state index in [1.807, 2.05) is 35.9 Å². The standard InChI is InChI=1S/C23H24F3N7O2/c1-14(16-4-2-3-7-28-16)30-21(34)32-8-5-22(13-32)6-9-33-19(22)11-17(31-33)15-10-18(20(27)29-12-15)35-23(24,25)26/h2-4,7,10-12,14H,5-6,8-9,13H2,1H3,(H2,27,29)(H,30,34). The number of nitrogen functional groups attached to an aromatic ring is 1. The van der Waals surface area contributed by atoms with E-state index in [9.17, 15) is 18.0 Å². The summed E-state index contributed by atoms with van der Waals surface area (Å²) in [6.07, 6.45) is -0.217. The molecule has 1 saturated heterocycles. The highest BCUT2D eigenvalue weighted by Gasteiger charge is 2.47. The van der Waals surface area contributed by atoms with E-state index in [1.54, 1.807) is 11.1 Å². The largest absolute Gasteiger partial charge is 0.573 e. The van der Waals surface area contributed by atoms with Crippen LogP contribution < -0.4 is 15.8 Å². The van der Waals surface area contributed by atoms with Crippen LogP contribution in [-0.2, 0) is 12.0 Å². The Hall–Kier alpha value is -3.83. The maximum Gasteiger partial charge on any atom is 0.573 e. The number of nitrogens with one attached hydrogen (secondary N) is 1. The van der Waals surface area contributed by atoms with E-state index in [2.05, 4.69) is 25.1 Å². The van der Waals surface area contributed by atoms with Crippen LogP contribution >= 0.6 is 0 Å². The van der Waals surface area contributed by atoms with Gasteiger partial charge in [0.05, 0.1) is 17.4 Å². The number of carbonyl (C=O) groups is 1. The third-order valence-electron chi connectivity index (χ3n) is 6.64. The van der Waals surface area contributed by atoms with E-state index in [0.29, 0.717) is 30.9 Å². The number of likely N-dealkylation sites (tertiary alicyclic amines) is 1. The minimum atomic E-state index is -4.88. The fourth-order valence-electron chi connectivity index (χ4n) is 4.85. The Morgan fingerprint density at radius 1 is 1.23 bits per heavy atom. The van der Waals surface area contributed by atoms with Crippen LogP contribution in [0.1, 0.15) is 37.2 Å². The van der Waals surface area contributed by atoms with E-state index in [-0.39, 0.29) is 23.3 Å². The molecule has 9 nitrogen and oxygen atoms in total. The highest BCUT2D eigenvalue weighted by molar-refractivity contribution is 5.75. The van der Waals surface area contributed by atoms with E-state index in [0.717, 1.165) is 24.2 Å². The zero-order chi connectivity index (χ0) is 24.8. The van der Waals surface area contributed by atoms with Gasteiger partial charge in [-0.1, -0.05) is 6.07 Å². The van der Waals surface area contributed by atoms with Gasteiger partial charge < -0.3 is 20.7 Å². The average Bonchev–Trinajstić information content (AvgIpc) is 3.52. The van der Waals surface area contributed by atoms with E-state index in [1.165, 1.54) is 12.3 Å². The number of urea groups is 1. The molecule has 0 aromatic carbocycles. The number of aromatic nitrogens is 4. The minimum absolute atomic E-state index is 0.158. The van der Waals surface area contributed by atoms with Gasteiger partial charge in [-0.25, -0.2) is 9.78 Å². The Morgan fingerprint density at radius 3 is 2.77 bits per heavy atom. The van der Waals surface area contributed by atoms with E-state index >= 15 is 0 Å². The van der Waals surface area contributed by atoms with Gasteiger partial charge in [0, 0.05) is 48.7 Å². The van der Waals surface area contributed by atoms with Crippen LogP contribution in [0.25, 0.3) is 11.3 Å². The van der Waals surface area contributed by atoms with Crippen molar-refractivity contribution in [3.63, 3.8) is 0 Å². The number of amides is 2. The number of fused-ring (bicyclic) bond motifs is 2. The first kappa shape index (κ1) is 22.9. The van der Waals surface area contributed by atoms with Crippen LogP contribution in [0.3, 0.4) is 0 Å². The molecule has 0 aliphatic carbocycles. The molecule has 2 atom stereocenters. The zero-order valence-electron chi connectivity index (χ0n) is 18.9. The summed E-state index contributed by atoms with van der Waals surface area (Å²) in [6.45, 7) is 3.67. The van der Waals surface area contributed by atoms with Gasteiger partial charge >= 0.3 is 12.4 Å². The summed E-state index contributed by atoms with van der Waals surface area (Å²) in [5, 5.41) is 7.58. The zero-order valence-corrected chi connectivity index (χ0v) is 18.9. The van der Waals surface area contributed by atoms with Crippen molar-refractivity contribution in [1.82, 2.24) is 30.0 Å². The maximum atomic E-state index is 12.9. The van der Waals surface area contributed by atoms with Gasteiger partial charge in [0.2, 0.25) is 0 Å². The molecule has 1 fully saturated rings. The van der Waals surface area contributed by atoms with Crippen LogP contribution in [0.5, 0.6) is 5.75 Å². The first-order valence-electron chi connectivity index (χ1n) is 11.2. The third-order valence-corrected chi connectivity index (χ3v) is 6.64. The summed E-state index contributed by atoms with van der Waals surface area (Å²) in [6, 6.07) is 8.22. The Morgan fingerprint density at radius 2 is 2.03 bits per heavy atom. The summed E-state index contributed by atoms with van der Waals surface area (Å²) >= 11 is 0. The molecule has 3 aromatic rings. The molecule has 184 valence electrons. The maximum absolute atomic E-state index is 12.9. The Kier molecular flexibility index (Phi) is 5.53. The van der Waals surface area contributed by atoms with E-state index in [4.69, 9.17) is 5.73 Å². The first-order chi connectivity index (χ1) is 16.6. The molecule has 0 bridgehead atoms. The van der Waals surface area contributed by atoms with Crippen LogP contribution in [-0.4, -0.2) is 50.1 Å². The number of halogens is 3. The number of aryl methyl sites for hydroxylation is 1. The number of rotatable bonds is 4.